The van der Waals surface area contributed by atoms with E-state index in [0.29, 0.717) is 24.2 Å². The fourth-order valence-electron chi connectivity index (χ4n) is 2.91. The van der Waals surface area contributed by atoms with Gasteiger partial charge in [-0.25, -0.2) is 4.98 Å². The topological polar surface area (TPSA) is 76.1 Å². The molecule has 6 nitrogen and oxygen atoms in total. The molecule has 1 aliphatic heterocycles. The lowest BCUT2D eigenvalue weighted by Gasteiger charge is -2.30. The molecule has 1 saturated heterocycles. The Balaban J connectivity index is 1.54. The number of morpholine rings is 1. The molecule has 2 heterocycles. The minimum atomic E-state index is -0.166. The number of nitrogens with zero attached hydrogens (tertiary/aromatic N) is 2. The van der Waals surface area contributed by atoms with Crippen molar-refractivity contribution < 1.29 is 9.53 Å². The number of amides is 1. The van der Waals surface area contributed by atoms with Crippen LogP contribution in [0.5, 0.6) is 0 Å². The first kappa shape index (κ1) is 12.5. The summed E-state index contributed by atoms with van der Waals surface area (Å²) in [5.74, 6) is 0.221. The van der Waals surface area contributed by atoms with Gasteiger partial charge in [0.2, 0.25) is 0 Å². The lowest BCUT2D eigenvalue weighted by atomic mass is 10.0. The van der Waals surface area contributed by atoms with Crippen LogP contribution in [0.1, 0.15) is 23.3 Å². The van der Waals surface area contributed by atoms with Crippen molar-refractivity contribution in [2.24, 2.45) is 5.92 Å². The Morgan fingerprint density at radius 3 is 3.26 bits per heavy atom. The van der Waals surface area contributed by atoms with E-state index < -0.39 is 0 Å². The van der Waals surface area contributed by atoms with Gasteiger partial charge in [0.1, 0.15) is 5.69 Å². The second kappa shape index (κ2) is 5.63. The maximum Gasteiger partial charge on any atom is 0.271 e. The molecule has 1 aromatic heterocycles. The average molecular weight is 262 g/mol. The normalized spacial score (nSPS) is 29.8. The first-order valence-electron chi connectivity index (χ1n) is 6.74. The van der Waals surface area contributed by atoms with E-state index >= 15 is 0 Å². The minimum absolute atomic E-state index is 0.166. The van der Waals surface area contributed by atoms with Gasteiger partial charge in [-0.1, -0.05) is 0 Å². The summed E-state index contributed by atoms with van der Waals surface area (Å²) in [5, 5.41) is 6.39. The Labute approximate surface area is 112 Å². The van der Waals surface area contributed by atoms with Crippen molar-refractivity contribution in [3.05, 3.63) is 24.3 Å². The van der Waals surface area contributed by atoms with Crippen LogP contribution in [-0.4, -0.2) is 47.7 Å². The Morgan fingerprint density at radius 2 is 2.42 bits per heavy atom. The number of fused-ring (bicyclic) bond motifs is 1. The van der Waals surface area contributed by atoms with Gasteiger partial charge in [0.05, 0.1) is 18.9 Å². The van der Waals surface area contributed by atoms with E-state index in [1.54, 1.807) is 6.20 Å². The highest BCUT2D eigenvalue weighted by molar-refractivity contribution is 5.91. The van der Waals surface area contributed by atoms with Crippen LogP contribution >= 0.6 is 0 Å². The molecule has 3 rings (SSSR count). The third-order valence-corrected chi connectivity index (χ3v) is 3.85. The first-order chi connectivity index (χ1) is 9.34. The van der Waals surface area contributed by atoms with E-state index in [0.717, 1.165) is 26.0 Å². The van der Waals surface area contributed by atoms with E-state index in [9.17, 15) is 4.79 Å². The van der Waals surface area contributed by atoms with Gasteiger partial charge < -0.3 is 15.4 Å². The molecule has 19 heavy (non-hydrogen) atoms. The highest BCUT2D eigenvalue weighted by Gasteiger charge is 2.38. The summed E-state index contributed by atoms with van der Waals surface area (Å²) in [4.78, 5) is 19.8. The standard InChI is InChI=1S/C13H18N4O2/c18-13(11-8-14-3-4-15-11)17-7-9-1-2-10-12(9)19-6-5-16-10/h3-4,8-10,12,16H,1-2,5-7H2,(H,17,18)/t9-,10+,12+/m0/s1. The quantitative estimate of drug-likeness (QED) is 0.800. The third-order valence-electron chi connectivity index (χ3n) is 3.85. The highest BCUT2D eigenvalue weighted by Crippen LogP contribution is 2.29. The zero-order chi connectivity index (χ0) is 13.1. The Kier molecular flexibility index (Phi) is 3.70. The number of carbonyl (C=O) groups excluding carboxylic acids is 1. The van der Waals surface area contributed by atoms with Gasteiger partial charge in [-0.3, -0.25) is 9.78 Å². The van der Waals surface area contributed by atoms with Gasteiger partial charge in [-0.05, 0) is 12.8 Å². The van der Waals surface area contributed by atoms with E-state index in [1.807, 2.05) is 0 Å². The van der Waals surface area contributed by atoms with Crippen LogP contribution < -0.4 is 10.6 Å². The maximum absolute atomic E-state index is 11.9. The van der Waals surface area contributed by atoms with Crippen LogP contribution in [0.4, 0.5) is 0 Å². The van der Waals surface area contributed by atoms with Crippen molar-refractivity contribution in [1.82, 2.24) is 20.6 Å². The minimum Gasteiger partial charge on any atom is -0.375 e. The van der Waals surface area contributed by atoms with Gasteiger partial charge in [0.15, 0.2) is 0 Å². The van der Waals surface area contributed by atoms with Crippen LogP contribution in [0.2, 0.25) is 0 Å². The van der Waals surface area contributed by atoms with Gasteiger partial charge in [-0.15, -0.1) is 0 Å². The number of ether oxygens (including phenoxy) is 1. The van der Waals surface area contributed by atoms with Gasteiger partial charge >= 0.3 is 0 Å². The zero-order valence-corrected chi connectivity index (χ0v) is 10.7. The van der Waals surface area contributed by atoms with E-state index in [1.165, 1.54) is 12.4 Å². The fourth-order valence-corrected chi connectivity index (χ4v) is 2.91. The van der Waals surface area contributed by atoms with E-state index in [-0.39, 0.29) is 12.0 Å². The predicted molar refractivity (Wildman–Crippen MR) is 68.6 cm³/mol. The summed E-state index contributed by atoms with van der Waals surface area (Å²) in [6.07, 6.45) is 7.00. The SMILES string of the molecule is O=C(NC[C@@H]1CC[C@H]2NCCO[C@H]12)c1cnccn1. The van der Waals surface area contributed by atoms with Gasteiger partial charge in [-0.2, -0.15) is 0 Å². The second-order valence-corrected chi connectivity index (χ2v) is 5.03. The molecule has 2 N–H and O–H groups in total. The van der Waals surface area contributed by atoms with E-state index in [2.05, 4.69) is 20.6 Å². The molecule has 6 heteroatoms. The molecule has 102 valence electrons. The van der Waals surface area contributed by atoms with Crippen LogP contribution in [0, 0.1) is 5.92 Å². The van der Waals surface area contributed by atoms with Gasteiger partial charge in [0.25, 0.3) is 5.91 Å². The smallest absolute Gasteiger partial charge is 0.271 e. The lowest BCUT2D eigenvalue weighted by Crippen LogP contribution is -2.48. The Morgan fingerprint density at radius 1 is 1.47 bits per heavy atom. The van der Waals surface area contributed by atoms with Crippen molar-refractivity contribution in [3.8, 4) is 0 Å². The van der Waals surface area contributed by atoms with Crippen molar-refractivity contribution in [2.75, 3.05) is 19.7 Å². The summed E-state index contributed by atoms with van der Waals surface area (Å²) >= 11 is 0. The summed E-state index contributed by atoms with van der Waals surface area (Å²) < 4.78 is 5.81. The molecule has 2 aliphatic rings. The highest BCUT2D eigenvalue weighted by atomic mass is 16.5. The molecule has 1 saturated carbocycles. The first-order valence-corrected chi connectivity index (χ1v) is 6.74. The van der Waals surface area contributed by atoms with Crippen LogP contribution in [0.3, 0.4) is 0 Å². The molecule has 0 spiro atoms. The maximum atomic E-state index is 11.9. The molecule has 1 aliphatic carbocycles. The third kappa shape index (κ3) is 2.74. The fraction of sp³-hybridized carbons (Fsp3) is 0.615. The lowest BCUT2D eigenvalue weighted by molar-refractivity contribution is -0.0138. The van der Waals surface area contributed by atoms with Crippen molar-refractivity contribution >= 4 is 5.91 Å². The molecule has 2 fully saturated rings. The molecule has 1 aromatic rings. The van der Waals surface area contributed by atoms with Crippen molar-refractivity contribution in [3.63, 3.8) is 0 Å². The molecule has 3 atom stereocenters. The average Bonchev–Trinajstić information content (AvgIpc) is 2.89. The monoisotopic (exact) mass is 262 g/mol. The number of carbonyl (C=O) groups is 1. The summed E-state index contributed by atoms with van der Waals surface area (Å²) in [5.41, 5.74) is 0.361. The molecule has 1 amide bonds. The van der Waals surface area contributed by atoms with E-state index in [4.69, 9.17) is 4.74 Å². The van der Waals surface area contributed by atoms with Crippen molar-refractivity contribution in [2.45, 2.75) is 25.0 Å². The largest absolute Gasteiger partial charge is 0.375 e. The molecular weight excluding hydrogens is 244 g/mol. The molecule has 0 radical (unpaired) electrons. The van der Waals surface area contributed by atoms with Crippen LogP contribution in [0.25, 0.3) is 0 Å². The summed E-state index contributed by atoms with van der Waals surface area (Å²) in [7, 11) is 0. The molecule has 0 aromatic carbocycles. The summed E-state index contributed by atoms with van der Waals surface area (Å²) in [6, 6.07) is 0.451. The Hall–Kier alpha value is -1.53. The number of rotatable bonds is 3. The van der Waals surface area contributed by atoms with Gasteiger partial charge in [0, 0.05) is 37.4 Å². The number of nitrogens with one attached hydrogen (secondary N) is 2. The zero-order valence-electron chi connectivity index (χ0n) is 10.7. The summed E-state index contributed by atoms with van der Waals surface area (Å²) in [6.45, 7) is 2.33. The molecule has 0 bridgehead atoms. The number of hydrogen-bond donors (Lipinski definition) is 2. The Bertz CT molecular complexity index is 440. The second-order valence-electron chi connectivity index (χ2n) is 5.03. The van der Waals surface area contributed by atoms with Crippen LogP contribution in [-0.2, 0) is 4.74 Å². The predicted octanol–water partition coefficient (Wildman–Crippen LogP) is -0.0266. The van der Waals surface area contributed by atoms with Crippen LogP contribution in [0.15, 0.2) is 18.6 Å². The van der Waals surface area contributed by atoms with Crippen molar-refractivity contribution in [1.29, 1.82) is 0 Å². The molecular formula is C13H18N4O2. The number of aromatic nitrogens is 2. The molecule has 0 unspecified atom stereocenters. The number of hydrogen-bond acceptors (Lipinski definition) is 5.